The average Bonchev–Trinajstić information content (AvgIpc) is 2.23. The average molecular weight is 273 g/mol. The molecule has 19 heavy (non-hydrogen) atoms. The van der Waals surface area contributed by atoms with E-state index in [1.807, 2.05) is 0 Å². The van der Waals surface area contributed by atoms with Crippen LogP contribution in [-0.2, 0) is 0 Å². The summed E-state index contributed by atoms with van der Waals surface area (Å²) >= 11 is 0. The van der Waals surface area contributed by atoms with Crippen molar-refractivity contribution in [2.24, 2.45) is 5.92 Å². The van der Waals surface area contributed by atoms with Gasteiger partial charge in [-0.15, -0.1) is 0 Å². The molecule has 0 bridgehead atoms. The van der Waals surface area contributed by atoms with Crippen LogP contribution in [0.1, 0.15) is 34.6 Å². The largest absolute Gasteiger partial charge is 0.392 e. The van der Waals surface area contributed by atoms with Crippen LogP contribution in [0.15, 0.2) is 0 Å². The molecule has 0 aromatic heterocycles. The fourth-order valence-corrected chi connectivity index (χ4v) is 2.32. The first kappa shape index (κ1) is 18.8. The standard InChI is InChI=1S/C15H33N2O2/c1-6-7-16(10-13(2)3)8-9-17(11-14(4)18)12-15(5)19/h6,13-15,18-19H,7-12H2,1-5H3. The van der Waals surface area contributed by atoms with Gasteiger partial charge < -0.3 is 15.1 Å². The Morgan fingerprint density at radius 1 is 0.842 bits per heavy atom. The lowest BCUT2D eigenvalue weighted by Crippen LogP contribution is -2.42. The molecular weight excluding hydrogens is 240 g/mol. The van der Waals surface area contributed by atoms with Crippen LogP contribution in [0.4, 0.5) is 0 Å². The van der Waals surface area contributed by atoms with E-state index < -0.39 is 0 Å². The summed E-state index contributed by atoms with van der Waals surface area (Å²) in [7, 11) is 0. The van der Waals surface area contributed by atoms with Gasteiger partial charge >= 0.3 is 0 Å². The lowest BCUT2D eigenvalue weighted by Gasteiger charge is -2.29. The predicted molar refractivity (Wildman–Crippen MR) is 81.1 cm³/mol. The molecule has 0 aromatic rings. The van der Waals surface area contributed by atoms with Gasteiger partial charge in [0.15, 0.2) is 0 Å². The molecule has 4 nitrogen and oxygen atoms in total. The van der Waals surface area contributed by atoms with Crippen molar-refractivity contribution >= 4 is 0 Å². The normalized spacial score (nSPS) is 15.5. The minimum atomic E-state index is -0.352. The monoisotopic (exact) mass is 273 g/mol. The number of hydrogen-bond donors (Lipinski definition) is 2. The van der Waals surface area contributed by atoms with Gasteiger partial charge in [0.05, 0.1) is 12.2 Å². The van der Waals surface area contributed by atoms with E-state index in [1.165, 1.54) is 0 Å². The fraction of sp³-hybridized carbons (Fsp3) is 0.933. The zero-order chi connectivity index (χ0) is 14.8. The smallest absolute Gasteiger partial charge is 0.0639 e. The summed E-state index contributed by atoms with van der Waals surface area (Å²) in [6.45, 7) is 15.3. The lowest BCUT2D eigenvalue weighted by atomic mass is 10.2. The highest BCUT2D eigenvalue weighted by Gasteiger charge is 2.13. The van der Waals surface area contributed by atoms with E-state index in [9.17, 15) is 10.2 Å². The van der Waals surface area contributed by atoms with Crippen molar-refractivity contribution in [3.63, 3.8) is 0 Å². The number of rotatable bonds is 11. The summed E-state index contributed by atoms with van der Waals surface area (Å²) in [5.41, 5.74) is 0. The molecule has 115 valence electrons. The van der Waals surface area contributed by atoms with Crippen LogP contribution in [-0.4, -0.2) is 71.5 Å². The van der Waals surface area contributed by atoms with Crippen LogP contribution >= 0.6 is 0 Å². The van der Waals surface area contributed by atoms with Gasteiger partial charge in [0.2, 0.25) is 0 Å². The second-order valence-electron chi connectivity index (χ2n) is 6.02. The molecule has 0 aliphatic carbocycles. The van der Waals surface area contributed by atoms with Gasteiger partial charge in [-0.1, -0.05) is 20.8 Å². The molecule has 0 aromatic carbocycles. The highest BCUT2D eigenvalue weighted by Crippen LogP contribution is 2.02. The van der Waals surface area contributed by atoms with Crippen LogP contribution in [0.3, 0.4) is 0 Å². The van der Waals surface area contributed by atoms with Gasteiger partial charge in [-0.05, 0) is 26.2 Å². The summed E-state index contributed by atoms with van der Waals surface area (Å²) in [4.78, 5) is 4.56. The number of aliphatic hydroxyl groups excluding tert-OH is 2. The Morgan fingerprint density at radius 3 is 1.68 bits per heavy atom. The topological polar surface area (TPSA) is 46.9 Å². The Bertz CT molecular complexity index is 198. The maximum absolute atomic E-state index is 9.51. The molecule has 4 heteroatoms. The summed E-state index contributed by atoms with van der Waals surface area (Å²) in [6.07, 6.45) is 1.47. The molecule has 2 unspecified atom stereocenters. The van der Waals surface area contributed by atoms with Gasteiger partial charge in [-0.25, -0.2) is 0 Å². The van der Waals surface area contributed by atoms with Gasteiger partial charge in [0, 0.05) is 39.3 Å². The first-order chi connectivity index (χ1) is 8.85. The highest BCUT2D eigenvalue weighted by molar-refractivity contribution is 4.71. The van der Waals surface area contributed by atoms with Gasteiger partial charge in [0.1, 0.15) is 0 Å². The molecule has 1 radical (unpaired) electrons. The SMILES string of the molecule is C[CH]CN(CCN(CC(C)O)CC(C)O)CC(C)C. The third-order valence-corrected chi connectivity index (χ3v) is 2.84. The van der Waals surface area contributed by atoms with Gasteiger partial charge in [-0.3, -0.25) is 4.90 Å². The molecule has 2 N–H and O–H groups in total. The van der Waals surface area contributed by atoms with Crippen molar-refractivity contribution in [2.45, 2.75) is 46.8 Å². The number of nitrogens with zero attached hydrogens (tertiary/aromatic N) is 2. The Hall–Kier alpha value is -0.160. The van der Waals surface area contributed by atoms with Crippen molar-refractivity contribution in [3.05, 3.63) is 6.42 Å². The number of hydrogen-bond acceptors (Lipinski definition) is 4. The maximum Gasteiger partial charge on any atom is 0.0639 e. The molecule has 0 aliphatic heterocycles. The molecule has 0 aliphatic rings. The first-order valence-electron chi connectivity index (χ1n) is 7.43. The van der Waals surface area contributed by atoms with E-state index in [1.54, 1.807) is 13.8 Å². The third-order valence-electron chi connectivity index (χ3n) is 2.84. The number of aliphatic hydroxyl groups is 2. The second kappa shape index (κ2) is 10.6. The molecule has 0 saturated carbocycles. The van der Waals surface area contributed by atoms with Crippen LogP contribution in [0.2, 0.25) is 0 Å². The minimum absolute atomic E-state index is 0.352. The van der Waals surface area contributed by atoms with E-state index in [2.05, 4.69) is 37.0 Å². The minimum Gasteiger partial charge on any atom is -0.392 e. The Morgan fingerprint density at radius 2 is 1.32 bits per heavy atom. The Balaban J connectivity index is 4.22. The maximum atomic E-state index is 9.51. The van der Waals surface area contributed by atoms with E-state index >= 15 is 0 Å². The van der Waals surface area contributed by atoms with E-state index in [-0.39, 0.29) is 12.2 Å². The molecule has 0 saturated heterocycles. The van der Waals surface area contributed by atoms with Crippen molar-refractivity contribution in [2.75, 3.05) is 39.3 Å². The van der Waals surface area contributed by atoms with Gasteiger partial charge in [-0.2, -0.15) is 0 Å². The van der Waals surface area contributed by atoms with E-state index in [0.29, 0.717) is 19.0 Å². The van der Waals surface area contributed by atoms with Crippen molar-refractivity contribution in [1.29, 1.82) is 0 Å². The van der Waals surface area contributed by atoms with Crippen molar-refractivity contribution < 1.29 is 10.2 Å². The third kappa shape index (κ3) is 11.4. The molecule has 0 amide bonds. The molecule has 0 heterocycles. The molecular formula is C15H33N2O2. The Labute approximate surface area is 119 Å². The van der Waals surface area contributed by atoms with Crippen LogP contribution in [0.25, 0.3) is 0 Å². The molecule has 0 fully saturated rings. The first-order valence-corrected chi connectivity index (χ1v) is 7.43. The van der Waals surface area contributed by atoms with E-state index in [0.717, 1.165) is 26.2 Å². The van der Waals surface area contributed by atoms with Gasteiger partial charge in [0.25, 0.3) is 0 Å². The molecule has 0 rings (SSSR count). The lowest BCUT2D eigenvalue weighted by molar-refractivity contribution is 0.0758. The van der Waals surface area contributed by atoms with Crippen LogP contribution < -0.4 is 0 Å². The molecule has 2 atom stereocenters. The summed E-state index contributed by atoms with van der Waals surface area (Å²) in [5, 5.41) is 19.0. The predicted octanol–water partition coefficient (Wildman–Crippen LogP) is 1.23. The quantitative estimate of drug-likeness (QED) is 0.594. The second-order valence-corrected chi connectivity index (χ2v) is 6.02. The van der Waals surface area contributed by atoms with Crippen molar-refractivity contribution in [3.8, 4) is 0 Å². The summed E-state index contributed by atoms with van der Waals surface area (Å²) in [5.74, 6) is 0.655. The zero-order valence-electron chi connectivity index (χ0n) is 13.3. The summed E-state index contributed by atoms with van der Waals surface area (Å²) in [6, 6.07) is 0. The Kier molecular flexibility index (Phi) is 10.5. The fourth-order valence-electron chi connectivity index (χ4n) is 2.32. The summed E-state index contributed by atoms with van der Waals surface area (Å²) < 4.78 is 0. The van der Waals surface area contributed by atoms with E-state index in [4.69, 9.17) is 0 Å². The zero-order valence-corrected chi connectivity index (χ0v) is 13.3. The van der Waals surface area contributed by atoms with Crippen molar-refractivity contribution in [1.82, 2.24) is 9.80 Å². The van der Waals surface area contributed by atoms with Crippen LogP contribution in [0, 0.1) is 12.3 Å². The van der Waals surface area contributed by atoms with Crippen LogP contribution in [0.5, 0.6) is 0 Å². The highest BCUT2D eigenvalue weighted by atomic mass is 16.3. The molecule has 0 spiro atoms.